The van der Waals surface area contributed by atoms with E-state index in [2.05, 4.69) is 20.9 Å². The van der Waals surface area contributed by atoms with Crippen molar-refractivity contribution in [3.8, 4) is 0 Å². The summed E-state index contributed by atoms with van der Waals surface area (Å²) in [6, 6.07) is 4.22. The van der Waals surface area contributed by atoms with Gasteiger partial charge in [-0.3, -0.25) is 4.98 Å². The molecule has 0 saturated heterocycles. The molecule has 0 N–H and O–H groups in total. The third-order valence-electron chi connectivity index (χ3n) is 2.19. The smallest absolute Gasteiger partial charge is 0.162 e. The first kappa shape index (κ1) is 11.7. The van der Waals surface area contributed by atoms with Gasteiger partial charge in [-0.25, -0.2) is 8.78 Å². The Hall–Kier alpha value is -0.810. The van der Waals surface area contributed by atoms with Gasteiger partial charge in [0.25, 0.3) is 0 Å². The lowest BCUT2D eigenvalue weighted by Crippen LogP contribution is -1.98. The monoisotopic (exact) mass is 303 g/mol. The Morgan fingerprint density at radius 1 is 1.38 bits per heavy atom. The van der Waals surface area contributed by atoms with Crippen molar-refractivity contribution in [2.45, 2.75) is 11.2 Å². The summed E-state index contributed by atoms with van der Waals surface area (Å²) in [5.74, 6) is -1.57. The van der Waals surface area contributed by atoms with E-state index in [1.54, 1.807) is 17.8 Å². The van der Waals surface area contributed by atoms with Crippen LogP contribution in [-0.2, 0) is 6.42 Å². The summed E-state index contributed by atoms with van der Waals surface area (Å²) in [6.45, 7) is 0. The van der Waals surface area contributed by atoms with E-state index in [1.165, 1.54) is 17.4 Å². The minimum Gasteiger partial charge on any atom is -0.253 e. The summed E-state index contributed by atoms with van der Waals surface area (Å²) in [6.07, 6.45) is 2.13. The van der Waals surface area contributed by atoms with Gasteiger partial charge in [0.1, 0.15) is 0 Å². The fraction of sp³-hybridized carbons (Fsp3) is 0.182. The second-order valence-electron chi connectivity index (χ2n) is 3.29. The highest BCUT2D eigenvalue weighted by molar-refractivity contribution is 9.09. The summed E-state index contributed by atoms with van der Waals surface area (Å²) in [5, 5.41) is 0. The van der Waals surface area contributed by atoms with Crippen LogP contribution in [0.5, 0.6) is 0 Å². The van der Waals surface area contributed by atoms with E-state index in [1.807, 2.05) is 0 Å². The summed E-state index contributed by atoms with van der Waals surface area (Å²) >= 11 is 4.93. The molecule has 2 aromatic rings. The molecule has 2 rings (SSSR count). The zero-order valence-corrected chi connectivity index (χ0v) is 10.6. The molecule has 0 aliphatic carbocycles. The van der Waals surface area contributed by atoms with Crippen molar-refractivity contribution in [1.29, 1.82) is 0 Å². The fourth-order valence-electron chi connectivity index (χ4n) is 1.38. The summed E-state index contributed by atoms with van der Waals surface area (Å²) < 4.78 is 26.4. The van der Waals surface area contributed by atoms with Crippen LogP contribution in [0.15, 0.2) is 29.9 Å². The van der Waals surface area contributed by atoms with Crippen molar-refractivity contribution >= 4 is 27.3 Å². The van der Waals surface area contributed by atoms with Gasteiger partial charge < -0.3 is 0 Å². The quantitative estimate of drug-likeness (QED) is 0.778. The van der Waals surface area contributed by atoms with Crippen molar-refractivity contribution in [3.63, 3.8) is 0 Å². The van der Waals surface area contributed by atoms with Crippen LogP contribution in [0, 0.1) is 11.6 Å². The van der Waals surface area contributed by atoms with Gasteiger partial charge in [0.2, 0.25) is 0 Å². The van der Waals surface area contributed by atoms with Crippen LogP contribution in [0.25, 0.3) is 0 Å². The Balaban J connectivity index is 2.18. The van der Waals surface area contributed by atoms with Crippen LogP contribution in [0.2, 0.25) is 0 Å². The van der Waals surface area contributed by atoms with E-state index in [9.17, 15) is 8.78 Å². The summed E-state index contributed by atoms with van der Waals surface area (Å²) in [4.78, 5) is 4.92. The van der Waals surface area contributed by atoms with E-state index >= 15 is 0 Å². The van der Waals surface area contributed by atoms with E-state index < -0.39 is 11.6 Å². The number of rotatable bonds is 3. The molecule has 0 bridgehead atoms. The van der Waals surface area contributed by atoms with Gasteiger partial charge in [-0.1, -0.05) is 28.1 Å². The number of aromatic nitrogens is 1. The first-order valence-electron chi connectivity index (χ1n) is 4.64. The molecule has 0 fully saturated rings. The van der Waals surface area contributed by atoms with Gasteiger partial charge in [-0.05, 0) is 18.1 Å². The van der Waals surface area contributed by atoms with Crippen LogP contribution in [0.4, 0.5) is 8.78 Å². The standard InChI is InChI=1S/C11H8BrF2NS/c12-8(10-5-15-6-16-10)4-7-2-1-3-9(13)11(7)14/h1-3,5-6,8H,4H2. The third kappa shape index (κ3) is 2.47. The lowest BCUT2D eigenvalue weighted by Gasteiger charge is -2.08. The Kier molecular flexibility index (Phi) is 3.66. The van der Waals surface area contributed by atoms with E-state index in [-0.39, 0.29) is 4.83 Å². The van der Waals surface area contributed by atoms with Gasteiger partial charge in [-0.2, -0.15) is 0 Å². The second-order valence-corrected chi connectivity index (χ2v) is 5.31. The molecule has 0 saturated carbocycles. The molecule has 1 unspecified atom stereocenters. The fourth-order valence-corrected chi connectivity index (χ4v) is 2.77. The minimum atomic E-state index is -0.804. The maximum absolute atomic E-state index is 13.4. The van der Waals surface area contributed by atoms with Gasteiger partial charge in [0.05, 0.1) is 10.3 Å². The number of hydrogen-bond acceptors (Lipinski definition) is 2. The maximum atomic E-state index is 13.4. The van der Waals surface area contributed by atoms with Crippen molar-refractivity contribution in [2.75, 3.05) is 0 Å². The highest BCUT2D eigenvalue weighted by Gasteiger charge is 2.14. The average Bonchev–Trinajstić information content (AvgIpc) is 2.78. The lowest BCUT2D eigenvalue weighted by molar-refractivity contribution is 0.498. The summed E-state index contributed by atoms with van der Waals surface area (Å²) in [7, 11) is 0. The molecule has 1 aromatic carbocycles. The maximum Gasteiger partial charge on any atom is 0.162 e. The number of benzene rings is 1. The first-order valence-corrected chi connectivity index (χ1v) is 6.43. The van der Waals surface area contributed by atoms with Crippen molar-refractivity contribution in [1.82, 2.24) is 4.98 Å². The van der Waals surface area contributed by atoms with E-state index in [0.29, 0.717) is 12.0 Å². The number of hydrogen-bond donors (Lipinski definition) is 0. The molecule has 0 aliphatic rings. The van der Waals surface area contributed by atoms with Crippen LogP contribution in [-0.4, -0.2) is 4.98 Å². The van der Waals surface area contributed by atoms with Crippen LogP contribution < -0.4 is 0 Å². The van der Waals surface area contributed by atoms with Crippen LogP contribution in [0.3, 0.4) is 0 Å². The van der Waals surface area contributed by atoms with Gasteiger partial charge in [-0.15, -0.1) is 11.3 Å². The van der Waals surface area contributed by atoms with Gasteiger partial charge in [0.15, 0.2) is 11.6 Å². The predicted octanol–water partition coefficient (Wildman–Crippen LogP) is 4.10. The molecular formula is C11H8BrF2NS. The third-order valence-corrected chi connectivity index (χ3v) is 4.20. The number of alkyl halides is 1. The molecule has 0 radical (unpaired) electrons. The molecule has 1 aromatic heterocycles. The first-order chi connectivity index (χ1) is 7.68. The molecule has 0 aliphatic heterocycles. The predicted molar refractivity (Wildman–Crippen MR) is 63.8 cm³/mol. The Morgan fingerprint density at radius 3 is 2.88 bits per heavy atom. The topological polar surface area (TPSA) is 12.9 Å². The van der Waals surface area contributed by atoms with Crippen molar-refractivity contribution in [2.24, 2.45) is 0 Å². The number of halogens is 3. The highest BCUT2D eigenvalue weighted by Crippen LogP contribution is 2.30. The minimum absolute atomic E-state index is 0.0312. The Bertz CT molecular complexity index is 473. The second kappa shape index (κ2) is 5.01. The average molecular weight is 304 g/mol. The molecular weight excluding hydrogens is 296 g/mol. The molecule has 5 heteroatoms. The van der Waals surface area contributed by atoms with E-state index in [4.69, 9.17) is 0 Å². The highest BCUT2D eigenvalue weighted by atomic mass is 79.9. The lowest BCUT2D eigenvalue weighted by atomic mass is 10.1. The SMILES string of the molecule is Fc1cccc(CC(Br)c2cncs2)c1F. The number of nitrogens with zero attached hydrogens (tertiary/aromatic N) is 1. The number of thiazole rings is 1. The van der Waals surface area contributed by atoms with Crippen molar-refractivity contribution < 1.29 is 8.78 Å². The zero-order valence-electron chi connectivity index (χ0n) is 8.16. The normalized spacial score (nSPS) is 12.7. The molecule has 84 valence electrons. The molecule has 1 atom stereocenters. The molecule has 1 heterocycles. The molecule has 1 nitrogen and oxygen atoms in total. The molecule has 16 heavy (non-hydrogen) atoms. The van der Waals surface area contributed by atoms with Crippen LogP contribution in [0.1, 0.15) is 15.3 Å². The summed E-state index contributed by atoms with van der Waals surface area (Å²) in [5.41, 5.74) is 2.08. The molecule has 0 amide bonds. The largest absolute Gasteiger partial charge is 0.253 e. The van der Waals surface area contributed by atoms with Gasteiger partial charge >= 0.3 is 0 Å². The zero-order chi connectivity index (χ0) is 11.5. The van der Waals surface area contributed by atoms with Gasteiger partial charge in [0, 0.05) is 11.1 Å². The van der Waals surface area contributed by atoms with Crippen LogP contribution >= 0.6 is 27.3 Å². The molecule has 0 spiro atoms. The van der Waals surface area contributed by atoms with E-state index in [0.717, 1.165) is 10.9 Å². The van der Waals surface area contributed by atoms with Crippen molar-refractivity contribution in [3.05, 3.63) is 52.0 Å². The Morgan fingerprint density at radius 2 is 2.19 bits per heavy atom. The Labute approximate surface area is 104 Å².